The molecule has 0 saturated carbocycles. The second kappa shape index (κ2) is 7.16. The van der Waals surface area contributed by atoms with E-state index in [4.69, 9.17) is 0 Å². The van der Waals surface area contributed by atoms with Crippen molar-refractivity contribution in [2.24, 2.45) is 0 Å². The molecular formula is C23H16N2O4. The van der Waals surface area contributed by atoms with Crippen LogP contribution in [0.3, 0.4) is 0 Å². The normalized spacial score (nSPS) is 12.0. The zero-order valence-corrected chi connectivity index (χ0v) is 15.5. The van der Waals surface area contributed by atoms with E-state index in [9.17, 15) is 19.2 Å². The smallest absolute Gasteiger partial charge is 0.255 e. The van der Waals surface area contributed by atoms with E-state index >= 15 is 0 Å². The van der Waals surface area contributed by atoms with Crippen LogP contribution >= 0.6 is 0 Å². The van der Waals surface area contributed by atoms with Gasteiger partial charge in [0.1, 0.15) is 0 Å². The van der Waals surface area contributed by atoms with Gasteiger partial charge in [0.25, 0.3) is 5.91 Å². The minimum atomic E-state index is -0.396. The number of nitrogens with one attached hydrogen (secondary N) is 2. The van der Waals surface area contributed by atoms with Gasteiger partial charge in [-0.25, -0.2) is 0 Å². The fraction of sp³-hybridized carbons (Fsp3) is 0.0435. The Labute approximate surface area is 166 Å². The number of hydrogen-bond donors (Lipinski definition) is 2. The summed E-state index contributed by atoms with van der Waals surface area (Å²) in [4.78, 5) is 49.2. The summed E-state index contributed by atoms with van der Waals surface area (Å²) in [6, 6.07) is 17.9. The summed E-state index contributed by atoms with van der Waals surface area (Å²) in [5, 5.41) is 5.36. The first-order valence-electron chi connectivity index (χ1n) is 8.95. The third kappa shape index (κ3) is 3.43. The van der Waals surface area contributed by atoms with Crippen LogP contribution in [0, 0.1) is 0 Å². The summed E-state index contributed by atoms with van der Waals surface area (Å²) in [7, 11) is 0. The van der Waals surface area contributed by atoms with Crippen LogP contribution in [0.2, 0.25) is 0 Å². The molecule has 3 aromatic rings. The van der Waals surface area contributed by atoms with Crippen LogP contribution in [-0.4, -0.2) is 23.4 Å². The Morgan fingerprint density at radius 1 is 0.655 bits per heavy atom. The number of ketones is 2. The van der Waals surface area contributed by atoms with Crippen molar-refractivity contribution in [1.29, 1.82) is 0 Å². The lowest BCUT2D eigenvalue weighted by molar-refractivity contribution is -0.114. The molecule has 6 heteroatoms. The Balaban J connectivity index is 1.62. The Morgan fingerprint density at radius 3 is 1.97 bits per heavy atom. The molecular weight excluding hydrogens is 368 g/mol. The summed E-state index contributed by atoms with van der Waals surface area (Å²) < 4.78 is 0. The van der Waals surface area contributed by atoms with Crippen LogP contribution in [-0.2, 0) is 4.79 Å². The number of amides is 2. The summed E-state index contributed by atoms with van der Waals surface area (Å²) >= 11 is 0. The van der Waals surface area contributed by atoms with Crippen LogP contribution in [0.5, 0.6) is 0 Å². The molecule has 0 bridgehead atoms. The molecule has 0 radical (unpaired) electrons. The van der Waals surface area contributed by atoms with E-state index in [0.29, 0.717) is 33.6 Å². The fourth-order valence-corrected chi connectivity index (χ4v) is 3.32. The maximum absolute atomic E-state index is 12.8. The van der Waals surface area contributed by atoms with E-state index in [2.05, 4.69) is 10.6 Å². The van der Waals surface area contributed by atoms with Crippen LogP contribution in [0.4, 0.5) is 11.4 Å². The van der Waals surface area contributed by atoms with Crippen molar-refractivity contribution < 1.29 is 19.2 Å². The lowest BCUT2D eigenvalue weighted by Gasteiger charge is -2.18. The molecule has 0 unspecified atom stereocenters. The highest BCUT2D eigenvalue weighted by molar-refractivity contribution is 6.28. The lowest BCUT2D eigenvalue weighted by Crippen LogP contribution is -2.21. The van der Waals surface area contributed by atoms with Crippen LogP contribution in [0.25, 0.3) is 0 Å². The van der Waals surface area contributed by atoms with Crippen LogP contribution < -0.4 is 10.6 Å². The second-order valence-corrected chi connectivity index (χ2v) is 6.68. The highest BCUT2D eigenvalue weighted by Crippen LogP contribution is 2.29. The monoisotopic (exact) mass is 384 g/mol. The summed E-state index contributed by atoms with van der Waals surface area (Å²) in [6.07, 6.45) is 0. The number of hydrogen-bond acceptors (Lipinski definition) is 4. The molecule has 29 heavy (non-hydrogen) atoms. The average Bonchev–Trinajstić information content (AvgIpc) is 2.71. The van der Waals surface area contributed by atoms with E-state index in [1.165, 1.54) is 13.0 Å². The largest absolute Gasteiger partial charge is 0.326 e. The first kappa shape index (κ1) is 18.3. The molecule has 2 amide bonds. The Hall–Kier alpha value is -4.06. The minimum Gasteiger partial charge on any atom is -0.326 e. The van der Waals surface area contributed by atoms with Gasteiger partial charge in [-0.3, -0.25) is 19.2 Å². The van der Waals surface area contributed by atoms with E-state index in [1.54, 1.807) is 60.7 Å². The fourth-order valence-electron chi connectivity index (χ4n) is 3.32. The van der Waals surface area contributed by atoms with E-state index in [1.807, 2.05) is 0 Å². The average molecular weight is 384 g/mol. The highest BCUT2D eigenvalue weighted by Gasteiger charge is 2.29. The van der Waals surface area contributed by atoms with Crippen molar-refractivity contribution in [3.8, 4) is 0 Å². The molecule has 1 aliphatic carbocycles. The van der Waals surface area contributed by atoms with Gasteiger partial charge in [0, 0.05) is 46.1 Å². The Kier molecular flexibility index (Phi) is 4.52. The van der Waals surface area contributed by atoms with Gasteiger partial charge in [-0.05, 0) is 36.4 Å². The van der Waals surface area contributed by atoms with Crippen molar-refractivity contribution >= 4 is 34.8 Å². The molecule has 0 aliphatic heterocycles. The van der Waals surface area contributed by atoms with E-state index in [0.717, 1.165) is 0 Å². The predicted molar refractivity (Wildman–Crippen MR) is 108 cm³/mol. The predicted octanol–water partition coefficient (Wildman–Crippen LogP) is 3.67. The van der Waals surface area contributed by atoms with Crippen LogP contribution in [0.1, 0.15) is 49.1 Å². The van der Waals surface area contributed by atoms with E-state index < -0.39 is 5.91 Å². The number of rotatable bonds is 3. The third-order valence-corrected chi connectivity index (χ3v) is 4.63. The summed E-state index contributed by atoms with van der Waals surface area (Å²) in [6.45, 7) is 1.39. The zero-order valence-electron chi connectivity index (χ0n) is 15.5. The second-order valence-electron chi connectivity index (χ2n) is 6.68. The molecule has 0 fully saturated rings. The zero-order chi connectivity index (χ0) is 20.5. The molecule has 0 heterocycles. The first-order valence-corrected chi connectivity index (χ1v) is 8.95. The Bertz CT molecular complexity index is 1200. The molecule has 0 aromatic heterocycles. The van der Waals surface area contributed by atoms with Gasteiger partial charge in [0.05, 0.1) is 0 Å². The van der Waals surface area contributed by atoms with Crippen molar-refractivity contribution in [1.82, 2.24) is 0 Å². The molecule has 0 saturated heterocycles. The highest BCUT2D eigenvalue weighted by atomic mass is 16.2. The van der Waals surface area contributed by atoms with Gasteiger partial charge < -0.3 is 10.6 Å². The van der Waals surface area contributed by atoms with Gasteiger partial charge in [-0.15, -0.1) is 0 Å². The summed E-state index contributed by atoms with van der Waals surface area (Å²) in [5.41, 5.74) is 2.58. The quantitative estimate of drug-likeness (QED) is 0.564. The number of carbonyl (C=O) groups is 4. The van der Waals surface area contributed by atoms with Crippen molar-refractivity contribution in [3.05, 3.63) is 94.5 Å². The molecule has 2 N–H and O–H groups in total. The number of carbonyl (C=O) groups excluding carboxylic acids is 4. The van der Waals surface area contributed by atoms with Gasteiger partial charge in [-0.2, -0.15) is 0 Å². The van der Waals surface area contributed by atoms with Crippen molar-refractivity contribution in [2.45, 2.75) is 6.92 Å². The van der Waals surface area contributed by atoms with E-state index in [-0.39, 0.29) is 23.0 Å². The number of benzene rings is 3. The van der Waals surface area contributed by atoms with Crippen LogP contribution in [0.15, 0.2) is 66.7 Å². The van der Waals surface area contributed by atoms with Gasteiger partial charge >= 0.3 is 0 Å². The Morgan fingerprint density at radius 2 is 1.28 bits per heavy atom. The SMILES string of the molecule is CC(=O)Nc1cccc(C(=O)Nc2ccc3c(c2)C(=O)c2ccccc2C3=O)c1. The van der Waals surface area contributed by atoms with Crippen molar-refractivity contribution in [2.75, 3.05) is 10.6 Å². The summed E-state index contributed by atoms with van der Waals surface area (Å²) in [5.74, 6) is -1.09. The van der Waals surface area contributed by atoms with Crippen molar-refractivity contribution in [3.63, 3.8) is 0 Å². The minimum absolute atomic E-state index is 0.212. The lowest BCUT2D eigenvalue weighted by atomic mass is 9.84. The van der Waals surface area contributed by atoms with Gasteiger partial charge in [-0.1, -0.05) is 30.3 Å². The number of fused-ring (bicyclic) bond motifs is 2. The maximum Gasteiger partial charge on any atom is 0.255 e. The topological polar surface area (TPSA) is 92.3 Å². The molecule has 142 valence electrons. The van der Waals surface area contributed by atoms with Gasteiger partial charge in [0.2, 0.25) is 5.91 Å². The third-order valence-electron chi connectivity index (χ3n) is 4.63. The molecule has 1 aliphatic rings. The standard InChI is InChI=1S/C23H16N2O4/c1-13(26)24-15-6-4-5-14(11-15)23(29)25-16-9-10-19-20(12-16)22(28)18-8-3-2-7-17(18)21(19)27/h2-12H,1H3,(H,24,26)(H,25,29). The van der Waals surface area contributed by atoms with Gasteiger partial charge in [0.15, 0.2) is 11.6 Å². The molecule has 0 spiro atoms. The molecule has 3 aromatic carbocycles. The molecule has 0 atom stereocenters. The first-order chi connectivity index (χ1) is 13.9. The number of anilines is 2. The molecule has 6 nitrogen and oxygen atoms in total. The molecule has 4 rings (SSSR count). The maximum atomic E-state index is 12.8.